The fraction of sp³-hybridized carbons (Fsp3) is 0.692. The summed E-state index contributed by atoms with van der Waals surface area (Å²) in [6.45, 7) is 4.41. The topological polar surface area (TPSA) is 12.0 Å². The van der Waals surface area contributed by atoms with Crippen molar-refractivity contribution in [2.24, 2.45) is 11.8 Å². The fourth-order valence-corrected chi connectivity index (χ4v) is 2.66. The highest BCUT2D eigenvalue weighted by atomic mass is 14.9. The highest BCUT2D eigenvalue weighted by Crippen LogP contribution is 2.35. The van der Waals surface area contributed by atoms with E-state index in [1.54, 1.807) is 5.57 Å². The van der Waals surface area contributed by atoms with Crippen LogP contribution in [0.3, 0.4) is 0 Å². The van der Waals surface area contributed by atoms with E-state index in [1.807, 2.05) is 6.92 Å². The lowest BCUT2D eigenvalue weighted by atomic mass is 9.79. The second-order valence-corrected chi connectivity index (χ2v) is 4.41. The van der Waals surface area contributed by atoms with E-state index in [0.717, 1.165) is 18.3 Å². The lowest BCUT2D eigenvalue weighted by Crippen LogP contribution is -2.18. The summed E-state index contributed by atoms with van der Waals surface area (Å²) in [5.41, 5.74) is 1.65. The third-order valence-corrected chi connectivity index (χ3v) is 3.51. The van der Waals surface area contributed by atoms with Gasteiger partial charge in [0, 0.05) is 6.42 Å². The first kappa shape index (κ1) is 9.80. The number of nitrogens with one attached hydrogen (secondary N) is 1. The molecule has 1 saturated carbocycles. The number of hydrogen-bond acceptors (Lipinski definition) is 1. The molecular weight excluding hydrogens is 170 g/mol. The van der Waals surface area contributed by atoms with Gasteiger partial charge in [-0.25, -0.2) is 0 Å². The maximum Gasteiger partial charge on any atom is 0.0272 e. The molecule has 0 aromatic rings. The van der Waals surface area contributed by atoms with Crippen molar-refractivity contribution in [3.8, 4) is 11.8 Å². The molecule has 0 bridgehead atoms. The molecule has 1 heterocycles. The molecular formula is C13H19N. The van der Waals surface area contributed by atoms with Gasteiger partial charge in [0.05, 0.1) is 0 Å². The number of rotatable bonds is 1. The average molecular weight is 189 g/mol. The highest BCUT2D eigenvalue weighted by Gasteiger charge is 2.30. The summed E-state index contributed by atoms with van der Waals surface area (Å²) in [5.74, 6) is 7.94. The first-order valence-electron chi connectivity index (χ1n) is 5.68. The van der Waals surface area contributed by atoms with E-state index in [2.05, 4.69) is 23.2 Å². The van der Waals surface area contributed by atoms with Crippen LogP contribution in [-0.4, -0.2) is 13.1 Å². The first-order chi connectivity index (χ1) is 6.90. The van der Waals surface area contributed by atoms with E-state index in [0.29, 0.717) is 0 Å². The molecule has 1 saturated heterocycles. The van der Waals surface area contributed by atoms with E-state index in [4.69, 9.17) is 0 Å². The van der Waals surface area contributed by atoms with Crippen LogP contribution in [0.25, 0.3) is 0 Å². The predicted octanol–water partition coefficient (Wildman–Crippen LogP) is 2.35. The third-order valence-electron chi connectivity index (χ3n) is 3.51. The second-order valence-electron chi connectivity index (χ2n) is 4.41. The van der Waals surface area contributed by atoms with E-state index in [1.165, 1.54) is 32.4 Å². The van der Waals surface area contributed by atoms with Gasteiger partial charge in [-0.3, -0.25) is 0 Å². The van der Waals surface area contributed by atoms with Crippen molar-refractivity contribution in [2.75, 3.05) is 13.1 Å². The van der Waals surface area contributed by atoms with Crippen LogP contribution in [0.2, 0.25) is 0 Å². The van der Waals surface area contributed by atoms with Gasteiger partial charge in [-0.15, -0.1) is 5.92 Å². The number of allylic oxidation sites excluding steroid dienone is 2. The molecule has 0 spiro atoms. The Labute approximate surface area is 87.0 Å². The standard InChI is InChI=1S/C13H19N/c1-2-3-4-5-11-6-7-12-9-14-10-13(12)8-11/h5,12-14H,4,6-10H2,1H3/b11-5-. The summed E-state index contributed by atoms with van der Waals surface area (Å²) < 4.78 is 0. The monoisotopic (exact) mass is 189 g/mol. The molecule has 0 amide bonds. The third kappa shape index (κ3) is 2.19. The van der Waals surface area contributed by atoms with Gasteiger partial charge in [-0.05, 0) is 51.1 Å². The Morgan fingerprint density at radius 3 is 3.14 bits per heavy atom. The molecule has 76 valence electrons. The molecule has 1 aliphatic heterocycles. The van der Waals surface area contributed by atoms with Crippen molar-refractivity contribution in [1.82, 2.24) is 5.32 Å². The van der Waals surface area contributed by atoms with Crippen LogP contribution in [0.4, 0.5) is 0 Å². The fourth-order valence-electron chi connectivity index (χ4n) is 2.66. The van der Waals surface area contributed by atoms with Crippen LogP contribution in [-0.2, 0) is 0 Å². The number of fused-ring (bicyclic) bond motifs is 1. The van der Waals surface area contributed by atoms with Crippen molar-refractivity contribution >= 4 is 0 Å². The smallest absolute Gasteiger partial charge is 0.0272 e. The lowest BCUT2D eigenvalue weighted by molar-refractivity contribution is 0.349. The number of hydrogen-bond donors (Lipinski definition) is 1. The Bertz CT molecular complexity index is 279. The Morgan fingerprint density at radius 1 is 1.43 bits per heavy atom. The maximum atomic E-state index is 3.50. The van der Waals surface area contributed by atoms with Gasteiger partial charge >= 0.3 is 0 Å². The summed E-state index contributed by atoms with van der Waals surface area (Å²) >= 11 is 0. The quantitative estimate of drug-likeness (QED) is 0.493. The van der Waals surface area contributed by atoms with Crippen LogP contribution >= 0.6 is 0 Å². The Morgan fingerprint density at radius 2 is 2.29 bits per heavy atom. The predicted molar refractivity (Wildman–Crippen MR) is 59.9 cm³/mol. The van der Waals surface area contributed by atoms with E-state index in [9.17, 15) is 0 Å². The minimum absolute atomic E-state index is 0.921. The van der Waals surface area contributed by atoms with Crippen molar-refractivity contribution in [2.45, 2.75) is 32.6 Å². The zero-order chi connectivity index (χ0) is 9.80. The molecule has 0 aromatic heterocycles. The summed E-state index contributed by atoms with van der Waals surface area (Å²) in [4.78, 5) is 0. The molecule has 14 heavy (non-hydrogen) atoms. The van der Waals surface area contributed by atoms with Crippen LogP contribution in [0.15, 0.2) is 11.6 Å². The molecule has 1 N–H and O–H groups in total. The zero-order valence-electron chi connectivity index (χ0n) is 8.97. The van der Waals surface area contributed by atoms with Crippen molar-refractivity contribution in [3.63, 3.8) is 0 Å². The maximum absolute atomic E-state index is 3.50. The van der Waals surface area contributed by atoms with Crippen LogP contribution in [0, 0.1) is 23.7 Å². The average Bonchev–Trinajstić information content (AvgIpc) is 2.65. The second kappa shape index (κ2) is 4.66. The van der Waals surface area contributed by atoms with E-state index >= 15 is 0 Å². The van der Waals surface area contributed by atoms with Crippen LogP contribution in [0.1, 0.15) is 32.6 Å². The van der Waals surface area contributed by atoms with Crippen molar-refractivity contribution in [3.05, 3.63) is 11.6 Å². The Hall–Kier alpha value is -0.740. The molecule has 0 radical (unpaired) electrons. The van der Waals surface area contributed by atoms with E-state index in [-0.39, 0.29) is 0 Å². The van der Waals surface area contributed by atoms with Gasteiger partial charge in [0.2, 0.25) is 0 Å². The minimum Gasteiger partial charge on any atom is -0.316 e. The van der Waals surface area contributed by atoms with Crippen LogP contribution in [0.5, 0.6) is 0 Å². The molecule has 1 aliphatic carbocycles. The molecule has 2 aliphatic rings. The minimum atomic E-state index is 0.921. The molecule has 0 aromatic carbocycles. The highest BCUT2D eigenvalue weighted by molar-refractivity contribution is 5.13. The SMILES string of the molecule is CC#CC/C=C1/CCC2CNCC2C1. The van der Waals surface area contributed by atoms with Gasteiger partial charge in [0.15, 0.2) is 0 Å². The summed E-state index contributed by atoms with van der Waals surface area (Å²) in [6.07, 6.45) is 7.34. The summed E-state index contributed by atoms with van der Waals surface area (Å²) in [5, 5.41) is 3.50. The van der Waals surface area contributed by atoms with Gasteiger partial charge in [0.25, 0.3) is 0 Å². The lowest BCUT2D eigenvalue weighted by Gasteiger charge is -2.26. The van der Waals surface area contributed by atoms with Gasteiger partial charge in [-0.2, -0.15) is 0 Å². The van der Waals surface area contributed by atoms with E-state index < -0.39 is 0 Å². The Balaban J connectivity index is 1.89. The molecule has 1 heteroatoms. The normalized spacial score (nSPS) is 33.6. The van der Waals surface area contributed by atoms with Gasteiger partial charge < -0.3 is 5.32 Å². The molecule has 1 nitrogen and oxygen atoms in total. The first-order valence-corrected chi connectivity index (χ1v) is 5.68. The van der Waals surface area contributed by atoms with Gasteiger partial charge in [-0.1, -0.05) is 17.6 Å². The molecule has 2 atom stereocenters. The molecule has 2 fully saturated rings. The van der Waals surface area contributed by atoms with Crippen molar-refractivity contribution in [1.29, 1.82) is 0 Å². The molecule has 2 rings (SSSR count). The summed E-state index contributed by atoms with van der Waals surface area (Å²) in [7, 11) is 0. The van der Waals surface area contributed by atoms with Gasteiger partial charge in [0.1, 0.15) is 0 Å². The summed E-state index contributed by atoms with van der Waals surface area (Å²) in [6, 6.07) is 0. The van der Waals surface area contributed by atoms with Crippen molar-refractivity contribution < 1.29 is 0 Å². The Kier molecular flexibility index (Phi) is 3.26. The largest absolute Gasteiger partial charge is 0.316 e. The van der Waals surface area contributed by atoms with Crippen LogP contribution < -0.4 is 5.32 Å². The zero-order valence-corrected chi connectivity index (χ0v) is 8.97. The molecule has 2 unspecified atom stereocenters.